The Morgan fingerprint density at radius 3 is 2.50 bits per heavy atom. The van der Waals surface area contributed by atoms with Crippen molar-refractivity contribution in [1.29, 1.82) is 0 Å². The summed E-state index contributed by atoms with van der Waals surface area (Å²) in [6.45, 7) is 0.518. The van der Waals surface area contributed by atoms with E-state index in [0.29, 0.717) is 38.6 Å². The van der Waals surface area contributed by atoms with E-state index in [9.17, 15) is 18.0 Å². The molecule has 0 saturated heterocycles. The van der Waals surface area contributed by atoms with Gasteiger partial charge in [-0.1, -0.05) is 12.8 Å². The Hall–Kier alpha value is -0.780. The van der Waals surface area contributed by atoms with Crippen LogP contribution in [0.2, 0.25) is 0 Å². The van der Waals surface area contributed by atoms with Gasteiger partial charge in [0, 0.05) is 12.5 Å². The lowest BCUT2D eigenvalue weighted by Gasteiger charge is -2.33. The molecule has 1 aliphatic carbocycles. The molecule has 0 aromatic carbocycles. The second-order valence-corrected chi connectivity index (χ2v) is 4.92. The normalized spacial score (nSPS) is 25.1. The van der Waals surface area contributed by atoms with Crippen molar-refractivity contribution in [2.75, 3.05) is 6.54 Å². The van der Waals surface area contributed by atoms with Gasteiger partial charge in [0.25, 0.3) is 0 Å². The maximum atomic E-state index is 12.8. The molecule has 6 heteroatoms. The van der Waals surface area contributed by atoms with Crippen LogP contribution in [0.15, 0.2) is 0 Å². The Morgan fingerprint density at radius 1 is 1.22 bits per heavy atom. The molecule has 1 fully saturated rings. The second-order valence-electron chi connectivity index (χ2n) is 4.92. The molecular weight excluding hydrogens is 245 g/mol. The number of nitrogens with one attached hydrogen (secondary N) is 1. The lowest BCUT2D eigenvalue weighted by atomic mass is 9.84. The van der Waals surface area contributed by atoms with Gasteiger partial charge in [0.05, 0.1) is 5.92 Å². The largest absolute Gasteiger partial charge is 0.393 e. The van der Waals surface area contributed by atoms with E-state index < -0.39 is 18.1 Å². The van der Waals surface area contributed by atoms with Crippen LogP contribution >= 0.6 is 0 Å². The van der Waals surface area contributed by atoms with Gasteiger partial charge < -0.3 is 11.1 Å². The minimum absolute atomic E-state index is 0.225. The van der Waals surface area contributed by atoms with Crippen molar-refractivity contribution in [2.45, 2.75) is 57.2 Å². The molecule has 1 saturated carbocycles. The number of alkyl halides is 3. The molecule has 0 radical (unpaired) electrons. The monoisotopic (exact) mass is 266 g/mol. The Bertz CT molecular complexity index is 269. The summed E-state index contributed by atoms with van der Waals surface area (Å²) < 4.78 is 38.3. The van der Waals surface area contributed by atoms with Crippen LogP contribution in [-0.4, -0.2) is 24.7 Å². The summed E-state index contributed by atoms with van der Waals surface area (Å²) in [5.74, 6) is -1.58. The van der Waals surface area contributed by atoms with Crippen molar-refractivity contribution in [3.63, 3.8) is 0 Å². The number of unbranched alkanes of at least 4 members (excludes halogenated alkanes) is 1. The number of carbonyl (C=O) groups excluding carboxylic acids is 1. The SMILES string of the molecule is NC(=O)CCCCNC1CCCCC1C(F)(F)F. The van der Waals surface area contributed by atoms with Crippen LogP contribution in [0.5, 0.6) is 0 Å². The first-order chi connectivity index (χ1) is 8.41. The molecule has 1 rings (SSSR count). The van der Waals surface area contributed by atoms with Crippen LogP contribution in [0.4, 0.5) is 13.2 Å². The van der Waals surface area contributed by atoms with Crippen LogP contribution in [-0.2, 0) is 4.79 Å². The lowest BCUT2D eigenvalue weighted by molar-refractivity contribution is -0.188. The lowest BCUT2D eigenvalue weighted by Crippen LogP contribution is -2.45. The summed E-state index contributed by atoms with van der Waals surface area (Å²) in [6, 6.07) is -0.465. The summed E-state index contributed by atoms with van der Waals surface area (Å²) in [6.07, 6.45) is -0.172. The topological polar surface area (TPSA) is 55.1 Å². The number of halogens is 3. The predicted octanol–water partition coefficient (Wildman–Crippen LogP) is 2.35. The smallest absolute Gasteiger partial charge is 0.370 e. The van der Waals surface area contributed by atoms with Gasteiger partial charge >= 0.3 is 6.18 Å². The molecule has 18 heavy (non-hydrogen) atoms. The Labute approximate surface area is 105 Å². The van der Waals surface area contributed by atoms with Crippen molar-refractivity contribution in [2.24, 2.45) is 11.7 Å². The predicted molar refractivity (Wildman–Crippen MR) is 62.8 cm³/mol. The molecular formula is C12H21F3N2O. The second kappa shape index (κ2) is 6.97. The van der Waals surface area contributed by atoms with Gasteiger partial charge in [-0.15, -0.1) is 0 Å². The molecule has 2 atom stereocenters. The maximum Gasteiger partial charge on any atom is 0.393 e. The number of carbonyl (C=O) groups is 1. The van der Waals surface area contributed by atoms with Crippen LogP contribution in [0.3, 0.4) is 0 Å². The van der Waals surface area contributed by atoms with E-state index in [0.717, 1.165) is 6.42 Å². The highest BCUT2D eigenvalue weighted by Gasteiger charge is 2.45. The van der Waals surface area contributed by atoms with Crippen molar-refractivity contribution < 1.29 is 18.0 Å². The van der Waals surface area contributed by atoms with Crippen LogP contribution in [0, 0.1) is 5.92 Å². The third kappa shape index (κ3) is 5.25. The summed E-state index contributed by atoms with van der Waals surface area (Å²) in [4.78, 5) is 10.5. The highest BCUT2D eigenvalue weighted by Crippen LogP contribution is 2.37. The van der Waals surface area contributed by atoms with Crippen LogP contribution < -0.4 is 11.1 Å². The zero-order valence-corrected chi connectivity index (χ0v) is 10.4. The minimum Gasteiger partial charge on any atom is -0.370 e. The Balaban J connectivity index is 2.28. The van der Waals surface area contributed by atoms with E-state index in [2.05, 4.69) is 5.32 Å². The van der Waals surface area contributed by atoms with Gasteiger partial charge in [0.15, 0.2) is 0 Å². The molecule has 0 bridgehead atoms. The van der Waals surface area contributed by atoms with Gasteiger partial charge in [-0.2, -0.15) is 13.2 Å². The fourth-order valence-electron chi connectivity index (χ4n) is 2.48. The summed E-state index contributed by atoms with van der Waals surface area (Å²) in [7, 11) is 0. The molecule has 1 aliphatic rings. The first-order valence-corrected chi connectivity index (χ1v) is 6.49. The fourth-order valence-corrected chi connectivity index (χ4v) is 2.48. The van der Waals surface area contributed by atoms with Crippen LogP contribution in [0.1, 0.15) is 44.9 Å². The number of primary amides is 1. The van der Waals surface area contributed by atoms with Crippen molar-refractivity contribution in [1.82, 2.24) is 5.32 Å². The highest BCUT2D eigenvalue weighted by atomic mass is 19.4. The summed E-state index contributed by atoms with van der Waals surface area (Å²) in [5, 5.41) is 2.98. The number of nitrogens with two attached hydrogens (primary N) is 1. The third-order valence-electron chi connectivity index (χ3n) is 3.44. The molecule has 0 spiro atoms. The first kappa shape index (κ1) is 15.3. The number of amides is 1. The van der Waals surface area contributed by atoms with Gasteiger partial charge in [-0.3, -0.25) is 4.79 Å². The molecule has 3 N–H and O–H groups in total. The van der Waals surface area contributed by atoms with Crippen molar-refractivity contribution >= 4 is 5.91 Å². The van der Waals surface area contributed by atoms with E-state index in [-0.39, 0.29) is 12.3 Å². The number of rotatable bonds is 6. The molecule has 0 aromatic heterocycles. The molecule has 2 unspecified atom stereocenters. The van der Waals surface area contributed by atoms with E-state index in [4.69, 9.17) is 5.73 Å². The van der Waals surface area contributed by atoms with Gasteiger partial charge in [-0.25, -0.2) is 0 Å². The molecule has 0 aromatic rings. The molecule has 106 valence electrons. The van der Waals surface area contributed by atoms with E-state index in [1.165, 1.54) is 0 Å². The molecule has 0 heterocycles. The average molecular weight is 266 g/mol. The number of hydrogen-bond acceptors (Lipinski definition) is 2. The summed E-state index contributed by atoms with van der Waals surface area (Å²) in [5.41, 5.74) is 4.99. The maximum absolute atomic E-state index is 12.8. The van der Waals surface area contributed by atoms with Gasteiger partial charge in [0.2, 0.25) is 5.91 Å². The first-order valence-electron chi connectivity index (χ1n) is 6.49. The number of hydrogen-bond donors (Lipinski definition) is 2. The molecule has 3 nitrogen and oxygen atoms in total. The van der Waals surface area contributed by atoms with Gasteiger partial charge in [0.1, 0.15) is 0 Å². The standard InChI is InChI=1S/C12H21F3N2O/c13-12(14,15)9-5-1-2-6-10(9)17-8-4-3-7-11(16)18/h9-10,17H,1-8H2,(H2,16,18). The fraction of sp³-hybridized carbons (Fsp3) is 0.917. The Morgan fingerprint density at radius 2 is 1.89 bits per heavy atom. The minimum atomic E-state index is -4.11. The van der Waals surface area contributed by atoms with Gasteiger partial charge in [-0.05, 0) is 32.2 Å². The average Bonchev–Trinajstić information content (AvgIpc) is 2.27. The van der Waals surface area contributed by atoms with E-state index in [1.54, 1.807) is 0 Å². The summed E-state index contributed by atoms with van der Waals surface area (Å²) >= 11 is 0. The van der Waals surface area contributed by atoms with Crippen molar-refractivity contribution in [3.8, 4) is 0 Å². The quantitative estimate of drug-likeness (QED) is 0.725. The van der Waals surface area contributed by atoms with E-state index in [1.807, 2.05) is 0 Å². The van der Waals surface area contributed by atoms with E-state index >= 15 is 0 Å². The van der Waals surface area contributed by atoms with Crippen molar-refractivity contribution in [3.05, 3.63) is 0 Å². The zero-order valence-electron chi connectivity index (χ0n) is 10.4. The zero-order chi connectivity index (χ0) is 13.6. The molecule has 1 amide bonds. The highest BCUT2D eigenvalue weighted by molar-refractivity contribution is 5.73. The third-order valence-corrected chi connectivity index (χ3v) is 3.44. The Kier molecular flexibility index (Phi) is 5.91. The van der Waals surface area contributed by atoms with Crippen LogP contribution in [0.25, 0.3) is 0 Å². The molecule has 0 aliphatic heterocycles.